The fraction of sp³-hybridized carbons (Fsp3) is 0.188. The third kappa shape index (κ3) is 3.35. The molecule has 0 radical (unpaired) electrons. The Morgan fingerprint density at radius 2 is 1.78 bits per heavy atom. The Morgan fingerprint density at radius 1 is 1.09 bits per heavy atom. The summed E-state index contributed by atoms with van der Waals surface area (Å²) in [4.78, 5) is 14.3. The van der Waals surface area contributed by atoms with E-state index < -0.39 is 10.0 Å². The number of para-hydroxylation sites is 1. The molecular weight excluding hydrogens is 316 g/mol. The Labute approximate surface area is 134 Å². The first-order valence-electron chi connectivity index (χ1n) is 7.08. The molecule has 120 valence electrons. The molecule has 3 rings (SSSR count). The molecule has 2 aromatic rings. The van der Waals surface area contributed by atoms with E-state index >= 15 is 0 Å². The lowest BCUT2D eigenvalue weighted by molar-refractivity contribution is 0.0733. The lowest BCUT2D eigenvalue weighted by Crippen LogP contribution is -2.32. The smallest absolute Gasteiger partial charge is 0.254 e. The van der Waals surface area contributed by atoms with Gasteiger partial charge in [0, 0.05) is 17.7 Å². The van der Waals surface area contributed by atoms with Crippen molar-refractivity contribution >= 4 is 15.9 Å². The summed E-state index contributed by atoms with van der Waals surface area (Å²) in [6, 6.07) is 13.2. The number of fused-ring (bicyclic) bond motifs is 1. The number of nitrogens with two attached hydrogens (primary N) is 1. The van der Waals surface area contributed by atoms with Gasteiger partial charge in [-0.2, -0.15) is 0 Å². The molecule has 0 saturated heterocycles. The van der Waals surface area contributed by atoms with Crippen LogP contribution >= 0.6 is 0 Å². The Hall–Kier alpha value is -2.38. The molecule has 0 unspecified atom stereocenters. The van der Waals surface area contributed by atoms with Crippen LogP contribution in [-0.2, 0) is 16.6 Å². The van der Waals surface area contributed by atoms with Gasteiger partial charge in [-0.15, -0.1) is 0 Å². The molecule has 7 heteroatoms. The van der Waals surface area contributed by atoms with Gasteiger partial charge in [-0.25, -0.2) is 13.6 Å². The molecule has 1 aliphatic heterocycles. The largest absolute Gasteiger partial charge is 0.491 e. The third-order valence-corrected chi connectivity index (χ3v) is 4.60. The highest BCUT2D eigenvalue weighted by Gasteiger charge is 2.21. The van der Waals surface area contributed by atoms with Gasteiger partial charge in [-0.3, -0.25) is 4.79 Å². The maximum absolute atomic E-state index is 12.6. The first-order chi connectivity index (χ1) is 10.9. The van der Waals surface area contributed by atoms with Gasteiger partial charge in [0.05, 0.1) is 11.4 Å². The van der Waals surface area contributed by atoms with Crippen molar-refractivity contribution in [2.24, 2.45) is 5.14 Å². The lowest BCUT2D eigenvalue weighted by atomic mass is 10.1. The average Bonchev–Trinajstić information content (AvgIpc) is 2.75. The van der Waals surface area contributed by atoms with Gasteiger partial charge in [0.25, 0.3) is 5.91 Å². The SMILES string of the molecule is NS(=O)(=O)c1ccc(C(=O)N2CCOc3ccccc3C2)cc1. The zero-order valence-corrected chi connectivity index (χ0v) is 13.1. The van der Waals surface area contributed by atoms with Gasteiger partial charge in [-0.1, -0.05) is 18.2 Å². The Balaban J connectivity index is 1.83. The molecule has 6 nitrogen and oxygen atoms in total. The molecule has 0 saturated carbocycles. The minimum atomic E-state index is -3.76. The van der Waals surface area contributed by atoms with E-state index in [2.05, 4.69) is 0 Å². The molecule has 23 heavy (non-hydrogen) atoms. The average molecular weight is 332 g/mol. The maximum Gasteiger partial charge on any atom is 0.254 e. The summed E-state index contributed by atoms with van der Waals surface area (Å²) in [6.45, 7) is 1.33. The molecule has 0 aliphatic carbocycles. The normalized spacial score (nSPS) is 14.6. The van der Waals surface area contributed by atoms with Crippen LogP contribution in [0, 0.1) is 0 Å². The van der Waals surface area contributed by atoms with E-state index in [0.29, 0.717) is 25.3 Å². The van der Waals surface area contributed by atoms with Gasteiger partial charge in [0.1, 0.15) is 12.4 Å². The predicted molar refractivity (Wildman–Crippen MR) is 84.5 cm³/mol. The number of benzene rings is 2. The molecule has 0 atom stereocenters. The van der Waals surface area contributed by atoms with Crippen LogP contribution in [0.15, 0.2) is 53.4 Å². The molecule has 1 amide bonds. The summed E-state index contributed by atoms with van der Waals surface area (Å²) in [7, 11) is -3.76. The van der Waals surface area contributed by atoms with Crippen molar-refractivity contribution in [3.8, 4) is 5.75 Å². The molecule has 0 spiro atoms. The fourth-order valence-corrected chi connectivity index (χ4v) is 2.98. The van der Waals surface area contributed by atoms with E-state index in [1.807, 2.05) is 24.3 Å². The summed E-state index contributed by atoms with van der Waals surface area (Å²) in [5, 5.41) is 5.06. The summed E-state index contributed by atoms with van der Waals surface area (Å²) in [5.74, 6) is 0.610. The minimum absolute atomic E-state index is 0.0152. The number of rotatable bonds is 2. The van der Waals surface area contributed by atoms with Gasteiger partial charge >= 0.3 is 0 Å². The van der Waals surface area contributed by atoms with Gasteiger partial charge in [0.2, 0.25) is 10.0 Å². The number of nitrogens with zero attached hydrogens (tertiary/aromatic N) is 1. The molecule has 2 aromatic carbocycles. The van der Waals surface area contributed by atoms with Crippen LogP contribution in [0.25, 0.3) is 0 Å². The van der Waals surface area contributed by atoms with Crippen molar-refractivity contribution in [1.29, 1.82) is 0 Å². The van der Waals surface area contributed by atoms with E-state index in [1.54, 1.807) is 4.90 Å². The zero-order chi connectivity index (χ0) is 16.4. The molecular formula is C16H16N2O4S. The van der Waals surface area contributed by atoms with Crippen molar-refractivity contribution < 1.29 is 17.9 Å². The maximum atomic E-state index is 12.6. The zero-order valence-electron chi connectivity index (χ0n) is 12.3. The Kier molecular flexibility index (Phi) is 4.06. The number of hydrogen-bond acceptors (Lipinski definition) is 4. The van der Waals surface area contributed by atoms with Gasteiger partial charge < -0.3 is 9.64 Å². The number of carbonyl (C=O) groups is 1. The van der Waals surface area contributed by atoms with Crippen molar-refractivity contribution in [1.82, 2.24) is 4.90 Å². The number of hydrogen-bond donors (Lipinski definition) is 1. The minimum Gasteiger partial charge on any atom is -0.491 e. The first kappa shape index (κ1) is 15.5. The topological polar surface area (TPSA) is 89.7 Å². The molecule has 2 N–H and O–H groups in total. The second-order valence-corrected chi connectivity index (χ2v) is 6.81. The monoisotopic (exact) mass is 332 g/mol. The lowest BCUT2D eigenvalue weighted by Gasteiger charge is -2.20. The number of ether oxygens (including phenoxy) is 1. The van der Waals surface area contributed by atoms with E-state index in [9.17, 15) is 13.2 Å². The van der Waals surface area contributed by atoms with Crippen molar-refractivity contribution in [2.75, 3.05) is 13.2 Å². The van der Waals surface area contributed by atoms with E-state index in [4.69, 9.17) is 9.88 Å². The van der Waals surface area contributed by atoms with Crippen LogP contribution in [0.2, 0.25) is 0 Å². The summed E-state index contributed by atoms with van der Waals surface area (Å²) in [5.41, 5.74) is 1.36. The van der Waals surface area contributed by atoms with Crippen LogP contribution in [-0.4, -0.2) is 32.4 Å². The second kappa shape index (κ2) is 6.02. The number of sulfonamides is 1. The molecule has 1 heterocycles. The number of amides is 1. The number of carbonyl (C=O) groups excluding carboxylic acids is 1. The fourth-order valence-electron chi connectivity index (χ4n) is 2.47. The van der Waals surface area contributed by atoms with E-state index in [1.165, 1.54) is 24.3 Å². The third-order valence-electron chi connectivity index (χ3n) is 3.67. The Morgan fingerprint density at radius 3 is 2.48 bits per heavy atom. The van der Waals surface area contributed by atoms with Gasteiger partial charge in [-0.05, 0) is 30.3 Å². The molecule has 0 aromatic heterocycles. The van der Waals surface area contributed by atoms with Crippen molar-refractivity contribution in [3.05, 3.63) is 59.7 Å². The predicted octanol–water partition coefficient (Wildman–Crippen LogP) is 1.37. The summed E-state index contributed by atoms with van der Waals surface area (Å²) in [6.07, 6.45) is 0. The van der Waals surface area contributed by atoms with Crippen molar-refractivity contribution in [2.45, 2.75) is 11.4 Å². The van der Waals surface area contributed by atoms with E-state index in [-0.39, 0.29) is 10.8 Å². The molecule has 0 bridgehead atoms. The second-order valence-electron chi connectivity index (χ2n) is 5.25. The first-order valence-corrected chi connectivity index (χ1v) is 8.62. The highest BCUT2D eigenvalue weighted by Crippen LogP contribution is 2.23. The highest BCUT2D eigenvalue weighted by atomic mass is 32.2. The van der Waals surface area contributed by atoms with Crippen molar-refractivity contribution in [3.63, 3.8) is 0 Å². The van der Waals surface area contributed by atoms with E-state index in [0.717, 1.165) is 11.3 Å². The van der Waals surface area contributed by atoms with Crippen LogP contribution in [0.4, 0.5) is 0 Å². The van der Waals surface area contributed by atoms with Crippen LogP contribution in [0.5, 0.6) is 5.75 Å². The van der Waals surface area contributed by atoms with Crippen LogP contribution < -0.4 is 9.88 Å². The van der Waals surface area contributed by atoms with Gasteiger partial charge in [0.15, 0.2) is 0 Å². The highest BCUT2D eigenvalue weighted by molar-refractivity contribution is 7.89. The molecule has 0 fully saturated rings. The Bertz CT molecular complexity index is 831. The molecule has 1 aliphatic rings. The summed E-state index contributed by atoms with van der Waals surface area (Å²) >= 11 is 0. The van der Waals surface area contributed by atoms with Crippen LogP contribution in [0.1, 0.15) is 15.9 Å². The van der Waals surface area contributed by atoms with Crippen LogP contribution in [0.3, 0.4) is 0 Å². The number of primary sulfonamides is 1. The summed E-state index contributed by atoms with van der Waals surface area (Å²) < 4.78 is 28.2. The standard InChI is InChI=1S/C16H16N2O4S/c17-23(20,21)14-7-5-12(6-8-14)16(19)18-9-10-22-15-4-2-1-3-13(15)11-18/h1-8H,9-11H2,(H2,17,20,21). The quantitative estimate of drug-likeness (QED) is 0.899.